The fraction of sp³-hybridized carbons (Fsp3) is 0.150. The highest BCUT2D eigenvalue weighted by molar-refractivity contribution is 5.99. The molecule has 0 atom stereocenters. The van der Waals surface area contributed by atoms with Crippen LogP contribution in [-0.2, 0) is 0 Å². The minimum absolute atomic E-state index is 0.389. The fourth-order valence-corrected chi connectivity index (χ4v) is 2.64. The lowest BCUT2D eigenvalue weighted by Crippen LogP contribution is -2.41. The Morgan fingerprint density at radius 2 is 1.67 bits per heavy atom. The van der Waals surface area contributed by atoms with Crippen molar-refractivity contribution in [1.29, 1.82) is 0 Å². The van der Waals surface area contributed by atoms with E-state index in [0.717, 1.165) is 11.4 Å². The monoisotopic (exact) mass is 363 g/mol. The van der Waals surface area contributed by atoms with Gasteiger partial charge in [0.25, 0.3) is 11.8 Å². The van der Waals surface area contributed by atoms with Gasteiger partial charge in [0.05, 0.1) is 23.1 Å². The standard InChI is InChI=1S/C20H21N5O2/c1-14-18(13-21-25(14)16-9-5-4-6-10-16)20(27)23-22-19(26)15-8-7-11-17(12-15)24(2)3/h4-13H,1-3H3,(H,22,26)(H,23,27). The van der Waals surface area contributed by atoms with E-state index in [4.69, 9.17) is 0 Å². The zero-order chi connectivity index (χ0) is 19.4. The largest absolute Gasteiger partial charge is 0.378 e. The van der Waals surface area contributed by atoms with Gasteiger partial charge in [0.15, 0.2) is 0 Å². The highest BCUT2D eigenvalue weighted by Crippen LogP contribution is 2.14. The Balaban J connectivity index is 1.69. The van der Waals surface area contributed by atoms with Crippen LogP contribution in [0.2, 0.25) is 0 Å². The first-order valence-corrected chi connectivity index (χ1v) is 8.45. The van der Waals surface area contributed by atoms with Crippen molar-refractivity contribution in [2.75, 3.05) is 19.0 Å². The van der Waals surface area contributed by atoms with Gasteiger partial charge in [-0.15, -0.1) is 0 Å². The van der Waals surface area contributed by atoms with Crippen LogP contribution < -0.4 is 15.8 Å². The van der Waals surface area contributed by atoms with Crippen LogP contribution in [0.15, 0.2) is 60.8 Å². The molecule has 2 N–H and O–H groups in total. The van der Waals surface area contributed by atoms with Gasteiger partial charge in [0.2, 0.25) is 0 Å². The topological polar surface area (TPSA) is 79.3 Å². The summed E-state index contributed by atoms with van der Waals surface area (Å²) in [5.41, 5.74) is 8.18. The normalized spacial score (nSPS) is 10.3. The molecular formula is C20H21N5O2. The minimum Gasteiger partial charge on any atom is -0.378 e. The van der Waals surface area contributed by atoms with E-state index in [1.807, 2.05) is 55.4 Å². The summed E-state index contributed by atoms with van der Waals surface area (Å²) in [6.45, 7) is 1.80. The summed E-state index contributed by atoms with van der Waals surface area (Å²) in [4.78, 5) is 26.6. The first-order chi connectivity index (χ1) is 13.0. The summed E-state index contributed by atoms with van der Waals surface area (Å²) in [7, 11) is 3.79. The molecule has 2 amide bonds. The van der Waals surface area contributed by atoms with Crippen LogP contribution in [0.25, 0.3) is 5.69 Å². The maximum absolute atomic E-state index is 12.4. The number of amides is 2. The Morgan fingerprint density at radius 3 is 2.37 bits per heavy atom. The predicted octanol–water partition coefficient (Wildman–Crippen LogP) is 2.32. The fourth-order valence-electron chi connectivity index (χ4n) is 2.64. The number of nitrogens with one attached hydrogen (secondary N) is 2. The van der Waals surface area contributed by atoms with E-state index < -0.39 is 5.91 Å². The zero-order valence-electron chi connectivity index (χ0n) is 15.4. The van der Waals surface area contributed by atoms with E-state index in [1.165, 1.54) is 6.20 Å². The quantitative estimate of drug-likeness (QED) is 0.697. The van der Waals surface area contributed by atoms with Gasteiger partial charge >= 0.3 is 0 Å². The average Bonchev–Trinajstić information content (AvgIpc) is 3.08. The lowest BCUT2D eigenvalue weighted by Gasteiger charge is -2.13. The van der Waals surface area contributed by atoms with E-state index >= 15 is 0 Å². The molecule has 0 aliphatic rings. The number of hydrogen-bond acceptors (Lipinski definition) is 4. The van der Waals surface area contributed by atoms with Crippen molar-refractivity contribution in [3.05, 3.63) is 77.6 Å². The second-order valence-corrected chi connectivity index (χ2v) is 6.24. The molecule has 0 radical (unpaired) electrons. The van der Waals surface area contributed by atoms with Crippen molar-refractivity contribution < 1.29 is 9.59 Å². The van der Waals surface area contributed by atoms with Crippen molar-refractivity contribution in [1.82, 2.24) is 20.6 Å². The molecule has 138 valence electrons. The Morgan fingerprint density at radius 1 is 0.963 bits per heavy atom. The first kappa shape index (κ1) is 18.2. The van der Waals surface area contributed by atoms with Crippen molar-refractivity contribution >= 4 is 17.5 Å². The SMILES string of the molecule is Cc1c(C(=O)NNC(=O)c2cccc(N(C)C)c2)cnn1-c1ccccc1. The van der Waals surface area contributed by atoms with Crippen molar-refractivity contribution in [2.45, 2.75) is 6.92 Å². The molecule has 0 spiro atoms. The van der Waals surface area contributed by atoms with Crippen LogP contribution in [0.1, 0.15) is 26.4 Å². The maximum atomic E-state index is 12.4. The summed E-state index contributed by atoms with van der Waals surface area (Å²) in [5.74, 6) is -0.813. The van der Waals surface area contributed by atoms with Crippen LogP contribution in [0.3, 0.4) is 0 Å². The highest BCUT2D eigenvalue weighted by Gasteiger charge is 2.16. The second kappa shape index (κ2) is 7.74. The van der Waals surface area contributed by atoms with Gasteiger partial charge in [-0.3, -0.25) is 20.4 Å². The zero-order valence-corrected chi connectivity index (χ0v) is 15.4. The molecular weight excluding hydrogens is 342 g/mol. The van der Waals surface area contributed by atoms with E-state index in [-0.39, 0.29) is 5.91 Å². The maximum Gasteiger partial charge on any atom is 0.273 e. The summed E-state index contributed by atoms with van der Waals surface area (Å²) < 4.78 is 1.68. The summed E-state index contributed by atoms with van der Waals surface area (Å²) in [5, 5.41) is 4.26. The number of carbonyl (C=O) groups excluding carboxylic acids is 2. The molecule has 0 fully saturated rings. The molecule has 3 rings (SSSR count). The van der Waals surface area contributed by atoms with Gasteiger partial charge in [-0.1, -0.05) is 24.3 Å². The van der Waals surface area contributed by atoms with Crippen LogP contribution >= 0.6 is 0 Å². The van der Waals surface area contributed by atoms with E-state index in [9.17, 15) is 9.59 Å². The molecule has 0 aliphatic carbocycles. The van der Waals surface area contributed by atoms with Crippen LogP contribution in [0, 0.1) is 6.92 Å². The average molecular weight is 363 g/mol. The number of rotatable bonds is 4. The molecule has 2 aromatic carbocycles. The van der Waals surface area contributed by atoms with Gasteiger partial charge in [0.1, 0.15) is 0 Å². The minimum atomic E-state index is -0.424. The van der Waals surface area contributed by atoms with E-state index in [0.29, 0.717) is 16.8 Å². The Labute approximate surface area is 157 Å². The summed E-state index contributed by atoms with van der Waals surface area (Å²) in [6, 6.07) is 16.7. The molecule has 3 aromatic rings. The Bertz CT molecular complexity index is 964. The molecule has 0 saturated carbocycles. The lowest BCUT2D eigenvalue weighted by molar-refractivity contribution is 0.0846. The van der Waals surface area contributed by atoms with Crippen LogP contribution in [0.5, 0.6) is 0 Å². The third kappa shape index (κ3) is 3.98. The molecule has 1 heterocycles. The van der Waals surface area contributed by atoms with Gasteiger partial charge in [0, 0.05) is 25.3 Å². The second-order valence-electron chi connectivity index (χ2n) is 6.24. The number of anilines is 1. The van der Waals surface area contributed by atoms with Gasteiger partial charge in [-0.05, 0) is 37.3 Å². The predicted molar refractivity (Wildman–Crippen MR) is 104 cm³/mol. The third-order valence-electron chi connectivity index (χ3n) is 4.17. The molecule has 7 heteroatoms. The van der Waals surface area contributed by atoms with Crippen molar-refractivity contribution in [2.24, 2.45) is 0 Å². The number of aromatic nitrogens is 2. The van der Waals surface area contributed by atoms with E-state index in [1.54, 1.807) is 29.8 Å². The number of nitrogens with zero attached hydrogens (tertiary/aromatic N) is 3. The smallest absolute Gasteiger partial charge is 0.273 e. The van der Waals surface area contributed by atoms with E-state index in [2.05, 4.69) is 16.0 Å². The van der Waals surface area contributed by atoms with Crippen LogP contribution in [-0.4, -0.2) is 35.7 Å². The molecule has 0 saturated heterocycles. The molecule has 7 nitrogen and oxygen atoms in total. The van der Waals surface area contributed by atoms with Gasteiger partial charge < -0.3 is 4.90 Å². The van der Waals surface area contributed by atoms with Crippen molar-refractivity contribution in [3.8, 4) is 5.69 Å². The third-order valence-corrected chi connectivity index (χ3v) is 4.17. The number of hydrazine groups is 1. The number of carbonyl (C=O) groups is 2. The number of para-hydroxylation sites is 1. The number of hydrogen-bond donors (Lipinski definition) is 2. The Kier molecular flexibility index (Phi) is 5.21. The lowest BCUT2D eigenvalue weighted by atomic mass is 10.2. The summed E-state index contributed by atoms with van der Waals surface area (Å²) >= 11 is 0. The van der Waals surface area contributed by atoms with Crippen molar-refractivity contribution in [3.63, 3.8) is 0 Å². The molecule has 0 unspecified atom stereocenters. The first-order valence-electron chi connectivity index (χ1n) is 8.45. The molecule has 1 aromatic heterocycles. The molecule has 0 aliphatic heterocycles. The number of benzene rings is 2. The highest BCUT2D eigenvalue weighted by atomic mass is 16.2. The van der Waals surface area contributed by atoms with Gasteiger partial charge in [-0.2, -0.15) is 5.10 Å². The summed E-state index contributed by atoms with van der Waals surface area (Å²) in [6.07, 6.45) is 1.48. The van der Waals surface area contributed by atoms with Crippen LogP contribution in [0.4, 0.5) is 5.69 Å². The molecule has 0 bridgehead atoms. The Hall–Kier alpha value is -3.61. The van der Waals surface area contributed by atoms with Gasteiger partial charge in [-0.25, -0.2) is 4.68 Å². The molecule has 27 heavy (non-hydrogen) atoms.